The second kappa shape index (κ2) is 5.56. The third kappa shape index (κ3) is 2.78. The molecule has 3 N–H and O–H groups in total. The van der Waals surface area contributed by atoms with E-state index >= 15 is 0 Å². The van der Waals surface area contributed by atoms with Crippen LogP contribution in [0.3, 0.4) is 0 Å². The zero-order valence-electron chi connectivity index (χ0n) is 12.8. The number of fused-ring (bicyclic) bond motifs is 1. The fraction of sp³-hybridized carbons (Fsp3) is 0.200. The van der Waals surface area contributed by atoms with Crippen LogP contribution in [-0.4, -0.2) is 31.4 Å². The molecule has 0 atom stereocenters. The van der Waals surface area contributed by atoms with Crippen LogP contribution in [0.4, 0.5) is 11.5 Å². The lowest BCUT2D eigenvalue weighted by molar-refractivity contribution is -0.114. The van der Waals surface area contributed by atoms with Crippen molar-refractivity contribution in [2.24, 2.45) is 0 Å². The van der Waals surface area contributed by atoms with Crippen LogP contribution in [0.15, 0.2) is 30.5 Å². The average Bonchev–Trinajstić information content (AvgIpc) is 3.02. The van der Waals surface area contributed by atoms with E-state index < -0.39 is 0 Å². The van der Waals surface area contributed by atoms with Gasteiger partial charge in [0.15, 0.2) is 5.82 Å². The molecule has 0 saturated heterocycles. The highest BCUT2D eigenvalue weighted by molar-refractivity contribution is 5.99. The number of hydrogen-bond donors (Lipinski definition) is 2. The topological polar surface area (TPSA) is 108 Å². The molecule has 23 heavy (non-hydrogen) atoms. The lowest BCUT2D eigenvalue weighted by Crippen LogP contribution is -2.19. The molecule has 2 aromatic heterocycles. The highest BCUT2D eigenvalue weighted by atomic mass is 16.2. The van der Waals surface area contributed by atoms with Gasteiger partial charge >= 0.3 is 0 Å². The highest BCUT2D eigenvalue weighted by Crippen LogP contribution is 2.24. The first-order valence-corrected chi connectivity index (χ1v) is 7.03. The van der Waals surface area contributed by atoms with Crippen LogP contribution in [0.5, 0.6) is 0 Å². The number of nitrogens with zero attached hydrogens (tertiary/aromatic N) is 4. The molecule has 0 aliphatic heterocycles. The minimum absolute atomic E-state index is 0.00596. The quantitative estimate of drug-likeness (QED) is 0.711. The van der Waals surface area contributed by atoms with Crippen LogP contribution >= 0.6 is 0 Å². The Labute approximate surface area is 131 Å². The normalized spacial score (nSPS) is 10.9. The summed E-state index contributed by atoms with van der Waals surface area (Å²) in [6, 6.07) is 7.34. The molecular weight excluding hydrogens is 296 g/mol. The molecule has 2 heterocycles. The largest absolute Gasteiger partial charge is 0.398 e. The number of benzene rings is 1. The Kier molecular flexibility index (Phi) is 3.57. The number of carbonyl (C=O) groups excluding carboxylic acids is 2. The Morgan fingerprint density at radius 2 is 2.13 bits per heavy atom. The number of aromatic nitrogens is 4. The average molecular weight is 312 g/mol. The van der Waals surface area contributed by atoms with Crippen LogP contribution in [0.25, 0.3) is 10.9 Å². The van der Waals surface area contributed by atoms with Gasteiger partial charge in [0.05, 0.1) is 11.7 Å². The number of anilines is 2. The molecule has 118 valence electrons. The number of nitrogen functional groups attached to an aromatic ring is 1. The second-order valence-electron chi connectivity index (χ2n) is 5.28. The first-order valence-electron chi connectivity index (χ1n) is 7.03. The molecule has 0 saturated carbocycles. The second-order valence-corrected chi connectivity index (χ2v) is 5.28. The molecule has 0 radical (unpaired) electrons. The Morgan fingerprint density at radius 3 is 2.87 bits per heavy atom. The molecule has 3 aromatic rings. The van der Waals surface area contributed by atoms with Crippen LogP contribution < -0.4 is 11.1 Å². The lowest BCUT2D eigenvalue weighted by Gasteiger charge is -2.07. The maximum Gasteiger partial charge on any atom is 0.253 e. The number of rotatable bonds is 3. The van der Waals surface area contributed by atoms with Gasteiger partial charge in [-0.3, -0.25) is 14.2 Å². The van der Waals surface area contributed by atoms with E-state index in [9.17, 15) is 9.59 Å². The van der Waals surface area contributed by atoms with E-state index in [1.807, 2.05) is 25.1 Å². The van der Waals surface area contributed by atoms with Gasteiger partial charge in [-0.25, -0.2) is 4.68 Å². The fourth-order valence-electron chi connectivity index (χ4n) is 2.54. The molecule has 0 aliphatic rings. The molecule has 0 fully saturated rings. The standard InChI is InChI=1S/C15H16N6O2/c1-9-6-11-12(16)4-3-5-13(11)21(9)15(23)8-20-7-14(18-19-20)17-10(2)22/h3-7H,8,16H2,1-2H3,(H,17,22). The summed E-state index contributed by atoms with van der Waals surface area (Å²) in [7, 11) is 0. The van der Waals surface area contributed by atoms with E-state index in [1.54, 1.807) is 10.6 Å². The van der Waals surface area contributed by atoms with E-state index in [4.69, 9.17) is 5.73 Å². The molecule has 0 bridgehead atoms. The molecule has 0 unspecified atom stereocenters. The van der Waals surface area contributed by atoms with Crippen LogP contribution in [0.2, 0.25) is 0 Å². The van der Waals surface area contributed by atoms with E-state index in [0.717, 1.165) is 16.6 Å². The number of amides is 1. The Bertz CT molecular complexity index is 908. The summed E-state index contributed by atoms with van der Waals surface area (Å²) in [6.07, 6.45) is 1.51. The maximum atomic E-state index is 12.6. The van der Waals surface area contributed by atoms with Crippen molar-refractivity contribution in [1.29, 1.82) is 0 Å². The van der Waals surface area contributed by atoms with Crippen LogP contribution in [-0.2, 0) is 11.3 Å². The fourth-order valence-corrected chi connectivity index (χ4v) is 2.54. The van der Waals surface area contributed by atoms with E-state index in [0.29, 0.717) is 11.5 Å². The van der Waals surface area contributed by atoms with Crippen molar-refractivity contribution in [3.05, 3.63) is 36.2 Å². The van der Waals surface area contributed by atoms with Gasteiger partial charge in [0.1, 0.15) is 6.54 Å². The summed E-state index contributed by atoms with van der Waals surface area (Å²) in [5, 5.41) is 11.0. The van der Waals surface area contributed by atoms with Crippen molar-refractivity contribution in [3.8, 4) is 0 Å². The van der Waals surface area contributed by atoms with Gasteiger partial charge in [-0.05, 0) is 25.1 Å². The number of hydrogen-bond acceptors (Lipinski definition) is 5. The molecule has 1 amide bonds. The Morgan fingerprint density at radius 1 is 1.35 bits per heavy atom. The number of carbonyl (C=O) groups is 2. The third-order valence-electron chi connectivity index (χ3n) is 3.45. The highest BCUT2D eigenvalue weighted by Gasteiger charge is 2.15. The molecular formula is C15H16N6O2. The van der Waals surface area contributed by atoms with Gasteiger partial charge in [0, 0.05) is 23.7 Å². The molecule has 1 aromatic carbocycles. The van der Waals surface area contributed by atoms with Crippen molar-refractivity contribution in [3.63, 3.8) is 0 Å². The SMILES string of the molecule is CC(=O)Nc1cn(CC(=O)n2c(C)cc3c(N)cccc32)nn1. The first kappa shape index (κ1) is 14.8. The van der Waals surface area contributed by atoms with Gasteiger partial charge in [0.25, 0.3) is 5.91 Å². The number of nitrogens with one attached hydrogen (secondary N) is 1. The zero-order valence-corrected chi connectivity index (χ0v) is 12.8. The minimum atomic E-state index is -0.244. The Hall–Kier alpha value is -3.16. The molecule has 0 spiro atoms. The zero-order chi connectivity index (χ0) is 16.6. The summed E-state index contributed by atoms with van der Waals surface area (Å²) in [6.45, 7) is 3.23. The maximum absolute atomic E-state index is 12.6. The monoisotopic (exact) mass is 312 g/mol. The third-order valence-corrected chi connectivity index (χ3v) is 3.45. The predicted octanol–water partition coefficient (Wildman–Crippen LogP) is 1.42. The lowest BCUT2D eigenvalue weighted by atomic mass is 10.2. The predicted molar refractivity (Wildman–Crippen MR) is 86.0 cm³/mol. The smallest absolute Gasteiger partial charge is 0.253 e. The summed E-state index contributed by atoms with van der Waals surface area (Å²) in [5.74, 6) is -0.0999. The van der Waals surface area contributed by atoms with Crippen molar-refractivity contribution < 1.29 is 9.59 Å². The van der Waals surface area contributed by atoms with Gasteiger partial charge in [-0.2, -0.15) is 0 Å². The Balaban J connectivity index is 1.89. The van der Waals surface area contributed by atoms with E-state index in [1.165, 1.54) is 17.8 Å². The molecule has 8 heteroatoms. The molecule has 8 nitrogen and oxygen atoms in total. The summed E-state index contributed by atoms with van der Waals surface area (Å²) in [5.41, 5.74) is 8.13. The first-order chi connectivity index (χ1) is 11.0. The van der Waals surface area contributed by atoms with Crippen LogP contribution in [0, 0.1) is 6.92 Å². The van der Waals surface area contributed by atoms with Gasteiger partial charge in [0.2, 0.25) is 5.91 Å². The van der Waals surface area contributed by atoms with E-state index in [2.05, 4.69) is 15.6 Å². The van der Waals surface area contributed by atoms with Gasteiger partial charge < -0.3 is 11.1 Å². The summed E-state index contributed by atoms with van der Waals surface area (Å²) < 4.78 is 2.98. The number of nitrogens with two attached hydrogens (primary N) is 1. The van der Waals surface area contributed by atoms with Crippen molar-refractivity contribution in [2.75, 3.05) is 11.1 Å². The van der Waals surface area contributed by atoms with E-state index in [-0.39, 0.29) is 18.4 Å². The van der Waals surface area contributed by atoms with Crippen LogP contribution in [0.1, 0.15) is 17.4 Å². The minimum Gasteiger partial charge on any atom is -0.398 e. The van der Waals surface area contributed by atoms with Crippen molar-refractivity contribution >= 4 is 34.2 Å². The number of aryl methyl sites for hydroxylation is 1. The van der Waals surface area contributed by atoms with Crippen molar-refractivity contribution in [2.45, 2.75) is 20.4 Å². The van der Waals surface area contributed by atoms with Gasteiger partial charge in [-0.15, -0.1) is 5.10 Å². The molecule has 0 aliphatic carbocycles. The molecule has 3 rings (SSSR count). The summed E-state index contributed by atoms with van der Waals surface area (Å²) in [4.78, 5) is 23.6. The van der Waals surface area contributed by atoms with Gasteiger partial charge in [-0.1, -0.05) is 11.3 Å². The van der Waals surface area contributed by atoms with Crippen molar-refractivity contribution in [1.82, 2.24) is 19.6 Å². The summed E-state index contributed by atoms with van der Waals surface area (Å²) >= 11 is 0.